The molecule has 1 atom stereocenters. The second-order valence-electron chi connectivity index (χ2n) is 2.66. The summed E-state index contributed by atoms with van der Waals surface area (Å²) < 4.78 is 24.0. The minimum absolute atomic E-state index is 0.121. The minimum atomic E-state index is -2.46. The number of halogens is 2. The monoisotopic (exact) mass is 192 g/mol. The average Bonchev–Trinajstić information content (AvgIpc) is 2.05. The van der Waals surface area contributed by atoms with E-state index in [1.54, 1.807) is 6.92 Å². The fraction of sp³-hybridized carbons (Fsp3) is 0.875. The van der Waals surface area contributed by atoms with Gasteiger partial charge in [0.25, 0.3) is 6.43 Å². The average molecular weight is 192 g/mol. The molecule has 0 aromatic heterocycles. The van der Waals surface area contributed by atoms with Crippen molar-refractivity contribution in [3.63, 3.8) is 0 Å². The maximum absolute atomic E-state index is 12.0. The van der Waals surface area contributed by atoms with Gasteiger partial charge in [-0.25, -0.2) is 8.78 Å². The van der Waals surface area contributed by atoms with Crippen LogP contribution in [0.3, 0.4) is 0 Å². The van der Waals surface area contributed by atoms with E-state index in [4.69, 9.17) is 10.4 Å². The number of aliphatic hydroxyl groups is 1. The van der Waals surface area contributed by atoms with E-state index in [-0.39, 0.29) is 13.2 Å². The Hall–Kier alpha value is -0.730. The number of alkyl halides is 2. The highest BCUT2D eigenvalue weighted by Crippen LogP contribution is 2.06. The van der Waals surface area contributed by atoms with Crippen molar-refractivity contribution < 1.29 is 13.9 Å². The molecule has 0 aromatic rings. The van der Waals surface area contributed by atoms with Gasteiger partial charge in [-0.3, -0.25) is 4.90 Å². The molecular formula is C8H14F2N2O. The predicted octanol–water partition coefficient (Wildman–Crippen LogP) is 0.848. The molecule has 13 heavy (non-hydrogen) atoms. The lowest BCUT2D eigenvalue weighted by atomic mass is 10.2. The molecule has 0 heterocycles. The lowest BCUT2D eigenvalue weighted by Gasteiger charge is -2.24. The molecule has 0 radical (unpaired) electrons. The van der Waals surface area contributed by atoms with Crippen LogP contribution >= 0.6 is 0 Å². The van der Waals surface area contributed by atoms with Crippen LogP contribution in [-0.4, -0.2) is 42.2 Å². The van der Waals surface area contributed by atoms with Crippen molar-refractivity contribution in [1.82, 2.24) is 4.90 Å². The standard InChI is InChI=1S/C8H14F2N2O/c1-2-7(5-11)12(3-4-13)6-8(9)10/h7-8,13H,2-4,6H2,1H3. The molecule has 1 N–H and O–H groups in total. The highest BCUT2D eigenvalue weighted by molar-refractivity contribution is 4.90. The molecule has 0 spiro atoms. The number of rotatable bonds is 6. The zero-order valence-corrected chi connectivity index (χ0v) is 7.58. The van der Waals surface area contributed by atoms with E-state index in [0.717, 1.165) is 0 Å². The van der Waals surface area contributed by atoms with Gasteiger partial charge in [0, 0.05) is 6.54 Å². The lowest BCUT2D eigenvalue weighted by Crippen LogP contribution is -2.39. The topological polar surface area (TPSA) is 47.3 Å². The van der Waals surface area contributed by atoms with Crippen molar-refractivity contribution in [2.24, 2.45) is 0 Å². The third kappa shape index (κ3) is 4.76. The van der Waals surface area contributed by atoms with Gasteiger partial charge in [-0.2, -0.15) is 5.26 Å². The van der Waals surface area contributed by atoms with Gasteiger partial charge in [-0.1, -0.05) is 6.92 Å². The highest BCUT2D eigenvalue weighted by atomic mass is 19.3. The van der Waals surface area contributed by atoms with Crippen molar-refractivity contribution in [2.75, 3.05) is 19.7 Å². The largest absolute Gasteiger partial charge is 0.395 e. The summed E-state index contributed by atoms with van der Waals surface area (Å²) in [5.41, 5.74) is 0. The Bertz CT molecular complexity index is 170. The molecule has 0 rings (SSSR count). The van der Waals surface area contributed by atoms with Crippen molar-refractivity contribution in [3.8, 4) is 6.07 Å². The van der Waals surface area contributed by atoms with Crippen LogP contribution in [0, 0.1) is 11.3 Å². The summed E-state index contributed by atoms with van der Waals surface area (Å²) in [6.45, 7) is 1.22. The van der Waals surface area contributed by atoms with Crippen LogP contribution in [0.4, 0.5) is 8.78 Å². The molecule has 0 saturated heterocycles. The first-order chi connectivity index (χ1) is 6.15. The van der Waals surface area contributed by atoms with Gasteiger partial charge in [-0.05, 0) is 6.42 Å². The first-order valence-corrected chi connectivity index (χ1v) is 4.18. The zero-order chi connectivity index (χ0) is 10.3. The predicted molar refractivity (Wildman–Crippen MR) is 44.4 cm³/mol. The van der Waals surface area contributed by atoms with Crippen LogP contribution in [0.5, 0.6) is 0 Å². The number of nitrogens with zero attached hydrogens (tertiary/aromatic N) is 2. The molecule has 0 aliphatic heterocycles. The summed E-state index contributed by atoms with van der Waals surface area (Å²) in [5.74, 6) is 0. The highest BCUT2D eigenvalue weighted by Gasteiger charge is 2.19. The Morgan fingerprint density at radius 2 is 2.15 bits per heavy atom. The van der Waals surface area contributed by atoms with Gasteiger partial charge in [-0.15, -0.1) is 0 Å². The van der Waals surface area contributed by atoms with E-state index >= 15 is 0 Å². The first-order valence-electron chi connectivity index (χ1n) is 4.18. The van der Waals surface area contributed by atoms with E-state index in [1.165, 1.54) is 4.90 Å². The molecule has 5 heteroatoms. The molecule has 0 fully saturated rings. The minimum Gasteiger partial charge on any atom is -0.395 e. The molecule has 0 aliphatic rings. The van der Waals surface area contributed by atoms with Crippen LogP contribution in [0.15, 0.2) is 0 Å². The molecule has 76 valence electrons. The van der Waals surface area contributed by atoms with Crippen molar-refractivity contribution >= 4 is 0 Å². The first kappa shape index (κ1) is 12.3. The van der Waals surface area contributed by atoms with Gasteiger partial charge in [0.05, 0.1) is 25.3 Å². The van der Waals surface area contributed by atoms with Gasteiger partial charge >= 0.3 is 0 Å². The third-order valence-electron chi connectivity index (χ3n) is 1.74. The molecule has 0 bridgehead atoms. The molecule has 0 saturated carbocycles. The Morgan fingerprint density at radius 1 is 1.54 bits per heavy atom. The Kier molecular flexibility index (Phi) is 6.37. The van der Waals surface area contributed by atoms with E-state index in [1.807, 2.05) is 6.07 Å². The number of hydrogen-bond acceptors (Lipinski definition) is 3. The van der Waals surface area contributed by atoms with Crippen LogP contribution < -0.4 is 0 Å². The van der Waals surface area contributed by atoms with E-state index < -0.39 is 19.0 Å². The van der Waals surface area contributed by atoms with Gasteiger partial charge in [0.15, 0.2) is 0 Å². The van der Waals surface area contributed by atoms with E-state index in [9.17, 15) is 8.78 Å². The maximum atomic E-state index is 12.0. The van der Waals surface area contributed by atoms with Crippen molar-refractivity contribution in [3.05, 3.63) is 0 Å². The second kappa shape index (κ2) is 6.75. The fourth-order valence-corrected chi connectivity index (χ4v) is 1.11. The van der Waals surface area contributed by atoms with Crippen molar-refractivity contribution in [2.45, 2.75) is 25.8 Å². The summed E-state index contributed by atoms with van der Waals surface area (Å²) >= 11 is 0. The molecule has 0 amide bonds. The quantitative estimate of drug-likeness (QED) is 0.678. The van der Waals surface area contributed by atoms with E-state index in [2.05, 4.69) is 0 Å². The maximum Gasteiger partial charge on any atom is 0.251 e. The van der Waals surface area contributed by atoms with Gasteiger partial charge in [0.1, 0.15) is 0 Å². The second-order valence-corrected chi connectivity index (χ2v) is 2.66. The van der Waals surface area contributed by atoms with Crippen LogP contribution in [0.25, 0.3) is 0 Å². The Labute approximate surface area is 76.6 Å². The molecule has 3 nitrogen and oxygen atoms in total. The molecule has 0 aromatic carbocycles. The zero-order valence-electron chi connectivity index (χ0n) is 7.58. The lowest BCUT2D eigenvalue weighted by molar-refractivity contribution is 0.0656. The van der Waals surface area contributed by atoms with Gasteiger partial charge in [0.2, 0.25) is 0 Å². The van der Waals surface area contributed by atoms with Crippen molar-refractivity contribution in [1.29, 1.82) is 5.26 Å². The van der Waals surface area contributed by atoms with Crippen LogP contribution in [-0.2, 0) is 0 Å². The van der Waals surface area contributed by atoms with Crippen LogP contribution in [0.2, 0.25) is 0 Å². The summed E-state index contributed by atoms with van der Waals surface area (Å²) in [6, 6.07) is 1.40. The fourth-order valence-electron chi connectivity index (χ4n) is 1.11. The van der Waals surface area contributed by atoms with E-state index in [0.29, 0.717) is 6.42 Å². The smallest absolute Gasteiger partial charge is 0.251 e. The third-order valence-corrected chi connectivity index (χ3v) is 1.74. The normalized spacial score (nSPS) is 13.3. The summed E-state index contributed by atoms with van der Waals surface area (Å²) in [7, 11) is 0. The summed E-state index contributed by atoms with van der Waals surface area (Å²) in [6.07, 6.45) is -1.97. The number of nitriles is 1. The number of aliphatic hydroxyl groups excluding tert-OH is 1. The Balaban J connectivity index is 4.14. The SMILES string of the molecule is CCC(C#N)N(CCO)CC(F)F. The molecule has 0 aliphatic carbocycles. The summed E-state index contributed by atoms with van der Waals surface area (Å²) in [4.78, 5) is 1.30. The van der Waals surface area contributed by atoms with Crippen LogP contribution in [0.1, 0.15) is 13.3 Å². The number of hydrogen-bond donors (Lipinski definition) is 1. The van der Waals surface area contributed by atoms with Gasteiger partial charge < -0.3 is 5.11 Å². The summed E-state index contributed by atoms with van der Waals surface area (Å²) in [5, 5.41) is 17.2. The molecular weight excluding hydrogens is 178 g/mol. The Morgan fingerprint density at radius 3 is 2.46 bits per heavy atom. The molecule has 1 unspecified atom stereocenters.